The summed E-state index contributed by atoms with van der Waals surface area (Å²) in [7, 11) is 0. The summed E-state index contributed by atoms with van der Waals surface area (Å²) in [6.45, 7) is 11.0. The molecule has 0 bridgehead atoms. The van der Waals surface area contributed by atoms with E-state index in [2.05, 4.69) is 41.7 Å². The maximum Gasteiger partial charge on any atom is 0.330 e. The molecule has 0 saturated carbocycles. The van der Waals surface area contributed by atoms with Crippen molar-refractivity contribution in [1.29, 1.82) is 0 Å². The number of nitrogens with one attached hydrogen (secondary N) is 1. The zero-order chi connectivity index (χ0) is 29.2. The number of carbonyl (C=O) groups is 2. The first-order chi connectivity index (χ1) is 19.9. The third-order valence-corrected chi connectivity index (χ3v) is 8.27. The van der Waals surface area contributed by atoms with Crippen LogP contribution in [0.4, 0.5) is 4.79 Å². The topological polar surface area (TPSA) is 61.9 Å². The fourth-order valence-electron chi connectivity index (χ4n) is 5.56. The van der Waals surface area contributed by atoms with Gasteiger partial charge in [-0.15, -0.1) is 0 Å². The van der Waals surface area contributed by atoms with Crippen molar-refractivity contribution >= 4 is 11.9 Å². The number of hydrogen-bond acceptors (Lipinski definition) is 4. The van der Waals surface area contributed by atoms with Crippen LogP contribution in [-0.2, 0) is 24.2 Å². The Labute approximate surface area is 245 Å². The minimum Gasteiger partial charge on any atom is -0.469 e. The van der Waals surface area contributed by atoms with E-state index < -0.39 is 11.6 Å². The van der Waals surface area contributed by atoms with Gasteiger partial charge in [0.15, 0.2) is 6.23 Å². The lowest BCUT2D eigenvalue weighted by Gasteiger charge is -2.54. The summed E-state index contributed by atoms with van der Waals surface area (Å²) in [6, 6.07) is 26.5. The van der Waals surface area contributed by atoms with Crippen molar-refractivity contribution in [2.24, 2.45) is 5.41 Å². The highest BCUT2D eigenvalue weighted by Crippen LogP contribution is 2.46. The Hall–Kier alpha value is -3.64. The molecule has 1 N–H and O–H groups in total. The molecule has 1 atom stereocenters. The molecule has 6 heteroatoms. The number of ether oxygens (including phenoxy) is 1. The van der Waals surface area contributed by atoms with E-state index in [-0.39, 0.29) is 11.9 Å². The van der Waals surface area contributed by atoms with Gasteiger partial charge in [0, 0.05) is 13.1 Å². The van der Waals surface area contributed by atoms with Gasteiger partial charge in [-0.05, 0) is 80.9 Å². The molecule has 6 nitrogen and oxygen atoms in total. The van der Waals surface area contributed by atoms with Gasteiger partial charge in [-0.2, -0.15) is 0 Å². The van der Waals surface area contributed by atoms with Crippen molar-refractivity contribution in [2.45, 2.75) is 72.6 Å². The molecule has 1 saturated heterocycles. The van der Waals surface area contributed by atoms with E-state index in [1.165, 1.54) is 21.6 Å². The van der Waals surface area contributed by atoms with Crippen molar-refractivity contribution in [2.75, 3.05) is 19.6 Å². The lowest BCUT2D eigenvalue weighted by Crippen LogP contribution is -2.73. The molecule has 0 spiro atoms. The highest BCUT2D eigenvalue weighted by Gasteiger charge is 2.63. The van der Waals surface area contributed by atoms with E-state index in [1.807, 2.05) is 70.2 Å². The second-order valence-electron chi connectivity index (χ2n) is 11.1. The number of rotatable bonds is 14. The van der Waals surface area contributed by atoms with Crippen LogP contribution < -0.4 is 10.1 Å². The van der Waals surface area contributed by atoms with Gasteiger partial charge in [0.05, 0.1) is 0 Å². The van der Waals surface area contributed by atoms with Crippen LogP contribution in [0, 0.1) is 12.3 Å². The molecule has 3 amide bonds. The molecule has 1 aliphatic heterocycles. The van der Waals surface area contributed by atoms with Crippen molar-refractivity contribution < 1.29 is 14.3 Å². The summed E-state index contributed by atoms with van der Waals surface area (Å²) in [5, 5.41) is 3.52. The average Bonchev–Trinajstić information content (AvgIpc) is 2.99. The molecule has 0 radical (unpaired) electrons. The summed E-state index contributed by atoms with van der Waals surface area (Å²) in [5.41, 5.74) is 4.08. The quantitative estimate of drug-likeness (QED) is 0.176. The van der Waals surface area contributed by atoms with Crippen LogP contribution in [0.25, 0.3) is 0 Å². The van der Waals surface area contributed by atoms with Crippen LogP contribution >= 0.6 is 0 Å². The minimum atomic E-state index is -0.696. The zero-order valence-electron chi connectivity index (χ0n) is 25.1. The Balaban J connectivity index is 1.39. The number of hydrogen-bond donors (Lipinski definition) is 1. The third-order valence-electron chi connectivity index (χ3n) is 8.27. The number of amides is 3. The van der Waals surface area contributed by atoms with Gasteiger partial charge < -0.3 is 15.0 Å². The zero-order valence-corrected chi connectivity index (χ0v) is 25.1. The second-order valence-corrected chi connectivity index (χ2v) is 11.1. The van der Waals surface area contributed by atoms with Gasteiger partial charge in [-0.1, -0.05) is 93.1 Å². The van der Waals surface area contributed by atoms with Gasteiger partial charge in [-0.3, -0.25) is 4.79 Å². The molecule has 0 aliphatic carbocycles. The molecule has 1 unspecified atom stereocenters. The predicted octanol–water partition coefficient (Wildman–Crippen LogP) is 6.76. The number of nitrogens with zero attached hydrogens (tertiary/aromatic N) is 2. The fourth-order valence-corrected chi connectivity index (χ4v) is 5.56. The van der Waals surface area contributed by atoms with Crippen molar-refractivity contribution in [1.82, 2.24) is 15.1 Å². The fraction of sp³-hybridized carbons (Fsp3) is 0.429. The number of aryl methyl sites for hydroxylation is 1. The summed E-state index contributed by atoms with van der Waals surface area (Å²) >= 11 is 0. The van der Waals surface area contributed by atoms with E-state index in [4.69, 9.17) is 4.74 Å². The van der Waals surface area contributed by atoms with Crippen LogP contribution in [-0.4, -0.2) is 47.6 Å². The van der Waals surface area contributed by atoms with Crippen LogP contribution in [0.15, 0.2) is 78.9 Å². The first-order valence-corrected chi connectivity index (χ1v) is 15.1. The highest BCUT2D eigenvalue weighted by molar-refractivity contribution is 6.03. The molecule has 3 aromatic carbocycles. The predicted molar refractivity (Wildman–Crippen MR) is 165 cm³/mol. The molecule has 1 aliphatic rings. The molecule has 0 aromatic heterocycles. The minimum absolute atomic E-state index is 0.138. The number of benzene rings is 3. The maximum atomic E-state index is 13.8. The lowest BCUT2D eigenvalue weighted by molar-refractivity contribution is -0.192. The van der Waals surface area contributed by atoms with Gasteiger partial charge in [0.25, 0.3) is 0 Å². The Morgan fingerprint density at radius 3 is 2.02 bits per heavy atom. The smallest absolute Gasteiger partial charge is 0.330 e. The lowest BCUT2D eigenvalue weighted by atomic mass is 9.72. The summed E-state index contributed by atoms with van der Waals surface area (Å²) in [4.78, 5) is 30.4. The van der Waals surface area contributed by atoms with Gasteiger partial charge in [-0.25, -0.2) is 9.69 Å². The standard InChI is InChI=1S/C35H45N3O3/c1-5-25-37(26-30-15-13-27(4)14-16-30)34(40)38-32(39)35(6-2,7-3)33(38)41-31-19-17-29(18-20-31)22-24-36-23-21-28-11-9-8-10-12-28/h8-20,33,36H,5-7,21-26H2,1-4H3. The van der Waals surface area contributed by atoms with Crippen LogP contribution in [0.1, 0.15) is 62.3 Å². The normalized spacial score (nSPS) is 15.9. The van der Waals surface area contributed by atoms with Crippen molar-refractivity contribution in [3.63, 3.8) is 0 Å². The number of imide groups is 1. The molecular formula is C35H45N3O3. The molecule has 4 rings (SSSR count). The van der Waals surface area contributed by atoms with Gasteiger partial charge in [0.2, 0.25) is 5.91 Å². The largest absolute Gasteiger partial charge is 0.469 e. The third kappa shape index (κ3) is 7.17. The molecule has 3 aromatic rings. The Morgan fingerprint density at radius 2 is 1.44 bits per heavy atom. The van der Waals surface area contributed by atoms with E-state index in [9.17, 15) is 9.59 Å². The van der Waals surface area contributed by atoms with Crippen LogP contribution in [0.2, 0.25) is 0 Å². The summed E-state index contributed by atoms with van der Waals surface area (Å²) < 4.78 is 6.44. The SMILES string of the molecule is CCCN(Cc1ccc(C)cc1)C(=O)N1C(=O)C(CC)(CC)C1Oc1ccc(CCNCCc2ccccc2)cc1. The molecule has 41 heavy (non-hydrogen) atoms. The summed E-state index contributed by atoms with van der Waals surface area (Å²) in [5.74, 6) is 0.536. The molecular weight excluding hydrogens is 510 g/mol. The Morgan fingerprint density at radius 1 is 0.854 bits per heavy atom. The number of urea groups is 1. The molecule has 1 fully saturated rings. The first kappa shape index (κ1) is 30.3. The monoisotopic (exact) mass is 555 g/mol. The second kappa shape index (κ2) is 14.3. The Bertz CT molecular complexity index is 1250. The van der Waals surface area contributed by atoms with E-state index in [1.54, 1.807) is 4.90 Å². The molecule has 1 heterocycles. The average molecular weight is 556 g/mol. The van der Waals surface area contributed by atoms with Gasteiger partial charge in [0.1, 0.15) is 11.2 Å². The summed E-state index contributed by atoms with van der Waals surface area (Å²) in [6.07, 6.45) is 3.35. The van der Waals surface area contributed by atoms with E-state index >= 15 is 0 Å². The van der Waals surface area contributed by atoms with Crippen LogP contribution in [0.3, 0.4) is 0 Å². The maximum absolute atomic E-state index is 13.8. The number of β-lactam (4-membered cyclic amide) rings is 1. The number of carbonyl (C=O) groups excluding carboxylic acids is 2. The highest BCUT2D eigenvalue weighted by atomic mass is 16.5. The van der Waals surface area contributed by atoms with Crippen molar-refractivity contribution in [3.8, 4) is 5.75 Å². The molecule has 218 valence electrons. The van der Waals surface area contributed by atoms with E-state index in [0.29, 0.717) is 31.7 Å². The van der Waals surface area contributed by atoms with Crippen LogP contribution in [0.5, 0.6) is 5.75 Å². The van der Waals surface area contributed by atoms with Gasteiger partial charge >= 0.3 is 6.03 Å². The first-order valence-electron chi connectivity index (χ1n) is 15.1. The van der Waals surface area contributed by atoms with Crippen molar-refractivity contribution in [3.05, 3.63) is 101 Å². The Kier molecular flexibility index (Phi) is 10.6. The number of likely N-dealkylation sites (tertiary alicyclic amines) is 1. The van der Waals surface area contributed by atoms with E-state index in [0.717, 1.165) is 37.9 Å².